The van der Waals surface area contributed by atoms with Crippen LogP contribution in [0.1, 0.15) is 70.6 Å². The van der Waals surface area contributed by atoms with Crippen LogP contribution in [0, 0.1) is 0 Å². The van der Waals surface area contributed by atoms with Crippen LogP contribution in [-0.4, -0.2) is 13.1 Å². The quantitative estimate of drug-likeness (QED) is 0.790. The van der Waals surface area contributed by atoms with Gasteiger partial charge < -0.3 is 5.32 Å². The normalized spacial score (nSPS) is 20.8. The van der Waals surface area contributed by atoms with Crippen molar-refractivity contribution in [1.82, 2.24) is 5.32 Å². The maximum absolute atomic E-state index is 3.49. The van der Waals surface area contributed by atoms with E-state index >= 15 is 0 Å². The van der Waals surface area contributed by atoms with Gasteiger partial charge in [-0.1, -0.05) is 59.7 Å². The fraction of sp³-hybridized carbons (Fsp3) is 0.667. The first kappa shape index (κ1) is 14.6. The molecule has 0 radical (unpaired) electrons. The van der Waals surface area contributed by atoms with Gasteiger partial charge in [0.05, 0.1) is 0 Å². The molecule has 1 nitrogen and oxygen atoms in total. The van der Waals surface area contributed by atoms with Gasteiger partial charge >= 0.3 is 0 Å². The van der Waals surface area contributed by atoms with Crippen LogP contribution < -0.4 is 5.32 Å². The van der Waals surface area contributed by atoms with E-state index in [2.05, 4.69) is 65.1 Å². The Morgan fingerprint density at radius 1 is 0.895 bits per heavy atom. The molecule has 0 saturated carbocycles. The van der Waals surface area contributed by atoms with Gasteiger partial charge in [0.2, 0.25) is 0 Å². The third-order valence-corrected chi connectivity index (χ3v) is 4.22. The highest BCUT2D eigenvalue weighted by molar-refractivity contribution is 5.39. The number of hydrogen-bond acceptors (Lipinski definition) is 1. The maximum Gasteiger partial charge on any atom is 0.00206 e. The first-order valence-electron chi connectivity index (χ1n) is 7.54. The molecule has 1 aliphatic heterocycles. The van der Waals surface area contributed by atoms with E-state index in [1.54, 1.807) is 0 Å². The predicted octanol–water partition coefficient (Wildman–Crippen LogP) is 4.36. The Hall–Kier alpha value is -0.820. The molecule has 0 amide bonds. The Bertz CT molecular complexity index is 407. The van der Waals surface area contributed by atoms with Gasteiger partial charge in [-0.25, -0.2) is 0 Å². The second-order valence-corrected chi connectivity index (χ2v) is 8.03. The molecule has 1 N–H and O–H groups in total. The van der Waals surface area contributed by atoms with Crippen LogP contribution in [0.3, 0.4) is 0 Å². The van der Waals surface area contributed by atoms with E-state index in [0.29, 0.717) is 5.92 Å². The average Bonchev–Trinajstić information content (AvgIpc) is 2.79. The summed E-state index contributed by atoms with van der Waals surface area (Å²) >= 11 is 0. The number of benzene rings is 1. The van der Waals surface area contributed by atoms with Crippen LogP contribution in [0.5, 0.6) is 0 Å². The van der Waals surface area contributed by atoms with Crippen LogP contribution in [0.4, 0.5) is 0 Å². The molecule has 2 rings (SSSR count). The zero-order valence-corrected chi connectivity index (χ0v) is 13.4. The van der Waals surface area contributed by atoms with E-state index in [-0.39, 0.29) is 10.8 Å². The Balaban J connectivity index is 2.48. The fourth-order valence-corrected chi connectivity index (χ4v) is 2.69. The van der Waals surface area contributed by atoms with Crippen molar-refractivity contribution in [3.05, 3.63) is 34.9 Å². The second kappa shape index (κ2) is 4.94. The van der Waals surface area contributed by atoms with Crippen molar-refractivity contribution in [2.45, 2.75) is 64.7 Å². The van der Waals surface area contributed by atoms with Gasteiger partial charge in [-0.05, 0) is 46.4 Å². The number of nitrogens with one attached hydrogen (secondary N) is 1. The molecule has 1 aromatic rings. The molecule has 1 unspecified atom stereocenters. The molecule has 1 aromatic carbocycles. The lowest BCUT2D eigenvalue weighted by Crippen LogP contribution is -2.18. The highest BCUT2D eigenvalue weighted by Gasteiger charge is 2.24. The van der Waals surface area contributed by atoms with E-state index < -0.39 is 0 Å². The first-order valence-corrected chi connectivity index (χ1v) is 7.54. The van der Waals surface area contributed by atoms with E-state index in [0.717, 1.165) is 13.1 Å². The minimum atomic E-state index is 0.224. The maximum atomic E-state index is 3.49. The van der Waals surface area contributed by atoms with Crippen molar-refractivity contribution in [3.8, 4) is 0 Å². The van der Waals surface area contributed by atoms with Gasteiger partial charge in [0.1, 0.15) is 0 Å². The topological polar surface area (TPSA) is 12.0 Å². The Labute approximate surface area is 118 Å². The minimum Gasteiger partial charge on any atom is -0.316 e. The van der Waals surface area contributed by atoms with E-state index in [1.807, 2.05) is 0 Å². The summed E-state index contributed by atoms with van der Waals surface area (Å²) in [5.41, 5.74) is 4.93. The average molecular weight is 259 g/mol. The molecule has 1 heteroatoms. The van der Waals surface area contributed by atoms with Crippen molar-refractivity contribution >= 4 is 0 Å². The molecular weight excluding hydrogens is 230 g/mol. The predicted molar refractivity (Wildman–Crippen MR) is 84.1 cm³/mol. The third kappa shape index (κ3) is 3.39. The van der Waals surface area contributed by atoms with Gasteiger partial charge in [-0.3, -0.25) is 0 Å². The van der Waals surface area contributed by atoms with Crippen LogP contribution in [0.15, 0.2) is 18.2 Å². The lowest BCUT2D eigenvalue weighted by Gasteiger charge is -2.27. The van der Waals surface area contributed by atoms with E-state index in [4.69, 9.17) is 0 Å². The summed E-state index contributed by atoms with van der Waals surface area (Å²) in [6.07, 6.45) is 1.27. The van der Waals surface area contributed by atoms with Crippen LogP contribution >= 0.6 is 0 Å². The molecule has 106 valence electrons. The fourth-order valence-electron chi connectivity index (χ4n) is 2.69. The highest BCUT2D eigenvalue weighted by atomic mass is 14.9. The standard InChI is InChI=1S/C18H29N/c1-17(2,3)15-9-14(13-7-8-19-12-13)10-16(11-15)18(4,5)6/h9-11,13,19H,7-8,12H2,1-6H3. The highest BCUT2D eigenvalue weighted by Crippen LogP contribution is 2.33. The first-order chi connectivity index (χ1) is 8.68. The van der Waals surface area contributed by atoms with Crippen molar-refractivity contribution in [2.24, 2.45) is 0 Å². The zero-order chi connectivity index (χ0) is 14.3. The molecule has 1 aliphatic rings. The van der Waals surface area contributed by atoms with E-state index in [1.165, 1.54) is 23.1 Å². The zero-order valence-electron chi connectivity index (χ0n) is 13.4. The van der Waals surface area contributed by atoms with Crippen LogP contribution in [-0.2, 0) is 10.8 Å². The van der Waals surface area contributed by atoms with Crippen LogP contribution in [0.25, 0.3) is 0 Å². The van der Waals surface area contributed by atoms with Gasteiger partial charge in [-0.15, -0.1) is 0 Å². The molecule has 1 atom stereocenters. The summed E-state index contributed by atoms with van der Waals surface area (Å²) in [7, 11) is 0. The van der Waals surface area contributed by atoms with Gasteiger partial charge in [0.25, 0.3) is 0 Å². The van der Waals surface area contributed by atoms with Gasteiger partial charge in [0, 0.05) is 6.54 Å². The molecule has 19 heavy (non-hydrogen) atoms. The number of rotatable bonds is 1. The van der Waals surface area contributed by atoms with Gasteiger partial charge in [-0.2, -0.15) is 0 Å². The third-order valence-electron chi connectivity index (χ3n) is 4.22. The molecule has 0 aromatic heterocycles. The van der Waals surface area contributed by atoms with Crippen molar-refractivity contribution in [1.29, 1.82) is 0 Å². The summed E-state index contributed by atoms with van der Waals surface area (Å²) in [6.45, 7) is 16.2. The summed E-state index contributed by atoms with van der Waals surface area (Å²) < 4.78 is 0. The Morgan fingerprint density at radius 2 is 1.42 bits per heavy atom. The smallest absolute Gasteiger partial charge is 0.00206 e. The monoisotopic (exact) mass is 259 g/mol. The Morgan fingerprint density at radius 3 is 1.79 bits per heavy atom. The Kier molecular flexibility index (Phi) is 3.79. The summed E-state index contributed by atoms with van der Waals surface area (Å²) in [5.74, 6) is 0.698. The molecule has 0 aliphatic carbocycles. The largest absolute Gasteiger partial charge is 0.316 e. The summed E-state index contributed by atoms with van der Waals surface area (Å²) in [5, 5.41) is 3.49. The lowest BCUT2D eigenvalue weighted by atomic mass is 9.78. The number of hydrogen-bond donors (Lipinski definition) is 1. The second-order valence-electron chi connectivity index (χ2n) is 8.03. The lowest BCUT2D eigenvalue weighted by molar-refractivity contribution is 0.564. The van der Waals surface area contributed by atoms with Crippen molar-refractivity contribution in [3.63, 3.8) is 0 Å². The molecule has 0 bridgehead atoms. The van der Waals surface area contributed by atoms with Gasteiger partial charge in [0.15, 0.2) is 0 Å². The van der Waals surface area contributed by atoms with Crippen molar-refractivity contribution < 1.29 is 0 Å². The minimum absolute atomic E-state index is 0.224. The van der Waals surface area contributed by atoms with Crippen LogP contribution in [0.2, 0.25) is 0 Å². The molecule has 1 heterocycles. The molecule has 1 fully saturated rings. The molecule has 0 spiro atoms. The molecular formula is C18H29N. The molecule has 1 saturated heterocycles. The summed E-state index contributed by atoms with van der Waals surface area (Å²) in [4.78, 5) is 0. The summed E-state index contributed by atoms with van der Waals surface area (Å²) in [6, 6.07) is 7.28. The van der Waals surface area contributed by atoms with Crippen molar-refractivity contribution in [2.75, 3.05) is 13.1 Å². The van der Waals surface area contributed by atoms with E-state index in [9.17, 15) is 0 Å². The SMILES string of the molecule is CC(C)(C)c1cc(C2CCNC2)cc(C(C)(C)C)c1.